The van der Waals surface area contributed by atoms with E-state index in [0.717, 1.165) is 0 Å². The van der Waals surface area contributed by atoms with Gasteiger partial charge in [-0.2, -0.15) is 0 Å². The first kappa shape index (κ1) is 21.8. The van der Waals surface area contributed by atoms with Crippen LogP contribution in [0, 0.1) is 10.1 Å². The van der Waals surface area contributed by atoms with Crippen molar-refractivity contribution in [2.75, 3.05) is 18.1 Å². The summed E-state index contributed by atoms with van der Waals surface area (Å²) in [4.78, 5) is 28.7. The van der Waals surface area contributed by atoms with Crippen molar-refractivity contribution in [3.63, 3.8) is 0 Å². The lowest BCUT2D eigenvalue weighted by Crippen LogP contribution is -2.32. The van der Waals surface area contributed by atoms with Crippen LogP contribution >= 0.6 is 31.9 Å². The van der Waals surface area contributed by atoms with Gasteiger partial charge in [0.2, 0.25) is 0 Å². The number of carbonyl (C=O) groups is 1. The number of hydrogen-bond acceptors (Lipinski definition) is 6. The van der Waals surface area contributed by atoms with Gasteiger partial charge in [0.05, 0.1) is 18.1 Å². The second-order valence-electron chi connectivity index (χ2n) is 5.39. The second-order valence-corrected chi connectivity index (χ2v) is 6.96. The molecule has 0 fully saturated rings. The van der Waals surface area contributed by atoms with Crippen molar-refractivity contribution in [1.29, 1.82) is 0 Å². The molecule has 0 bridgehead atoms. The number of hydrogen-bond donors (Lipinski definition) is 0. The van der Waals surface area contributed by atoms with Crippen LogP contribution in [0.25, 0.3) is 0 Å². The Bertz CT molecular complexity index is 892. The van der Waals surface area contributed by atoms with Crippen molar-refractivity contribution < 1.29 is 19.2 Å². The molecule has 0 unspecified atom stereocenters. The Morgan fingerprint density at radius 2 is 2.14 bits per heavy atom. The topological polar surface area (TPSA) is 94.8 Å². The number of nitro groups is 1. The number of benzene rings is 1. The van der Waals surface area contributed by atoms with Gasteiger partial charge in [-0.3, -0.25) is 15.0 Å². The Morgan fingerprint density at radius 3 is 2.79 bits per heavy atom. The second kappa shape index (κ2) is 10.2. The Hall–Kier alpha value is -2.46. The number of pyridine rings is 1. The van der Waals surface area contributed by atoms with Crippen LogP contribution in [-0.2, 0) is 11.3 Å². The van der Waals surface area contributed by atoms with Crippen LogP contribution in [0.4, 0.5) is 16.2 Å². The molecule has 8 nitrogen and oxygen atoms in total. The van der Waals surface area contributed by atoms with Gasteiger partial charge in [-0.05, 0) is 56.5 Å². The van der Waals surface area contributed by atoms with Crippen LogP contribution in [0.15, 0.2) is 52.2 Å². The highest BCUT2D eigenvalue weighted by molar-refractivity contribution is 9.11. The minimum atomic E-state index is -0.715. The molecule has 1 heterocycles. The van der Waals surface area contributed by atoms with E-state index in [1.165, 1.54) is 11.0 Å². The average Bonchev–Trinajstić information content (AvgIpc) is 2.64. The van der Waals surface area contributed by atoms with E-state index in [2.05, 4.69) is 43.4 Å². The summed E-state index contributed by atoms with van der Waals surface area (Å²) in [6.45, 7) is 5.75. The first-order chi connectivity index (χ1) is 13.4. The smallest absolute Gasteiger partial charge is 0.414 e. The summed E-state index contributed by atoms with van der Waals surface area (Å²) in [5.41, 5.74) is 0.415. The van der Waals surface area contributed by atoms with Crippen LogP contribution in [-0.4, -0.2) is 29.2 Å². The lowest BCUT2D eigenvalue weighted by atomic mass is 10.2. The van der Waals surface area contributed by atoms with Crippen molar-refractivity contribution in [1.82, 2.24) is 4.98 Å². The molecule has 28 heavy (non-hydrogen) atoms. The quantitative estimate of drug-likeness (QED) is 0.207. The van der Waals surface area contributed by atoms with Gasteiger partial charge in [0.15, 0.2) is 4.60 Å². The number of anilines is 1. The molecule has 0 saturated heterocycles. The van der Waals surface area contributed by atoms with Gasteiger partial charge in [0.25, 0.3) is 0 Å². The first-order valence-corrected chi connectivity index (χ1v) is 9.73. The molecule has 148 valence electrons. The molecule has 1 aromatic heterocycles. The molecule has 0 spiro atoms. The number of carbonyl (C=O) groups excluding carboxylic acids is 1. The molecule has 2 aromatic rings. The Morgan fingerprint density at radius 1 is 1.39 bits per heavy atom. The predicted octanol–water partition coefficient (Wildman–Crippen LogP) is 5.24. The first-order valence-electron chi connectivity index (χ1n) is 8.14. The molecule has 0 atom stereocenters. The van der Waals surface area contributed by atoms with Gasteiger partial charge in [0, 0.05) is 6.07 Å². The summed E-state index contributed by atoms with van der Waals surface area (Å²) in [6.07, 6.45) is 0.903. The van der Waals surface area contributed by atoms with E-state index in [9.17, 15) is 14.9 Å². The molecule has 1 aromatic carbocycles. The maximum atomic E-state index is 12.6. The van der Waals surface area contributed by atoms with Crippen molar-refractivity contribution >= 4 is 49.3 Å². The molecule has 2 rings (SSSR count). The number of amides is 1. The minimum Gasteiger partial charge on any atom is -0.490 e. The van der Waals surface area contributed by atoms with E-state index < -0.39 is 11.0 Å². The lowest BCUT2D eigenvalue weighted by Gasteiger charge is -2.22. The fraction of sp³-hybridized carbons (Fsp3) is 0.222. The van der Waals surface area contributed by atoms with Crippen LogP contribution in [0.3, 0.4) is 0 Å². The molecule has 1 amide bonds. The largest absolute Gasteiger partial charge is 0.490 e. The van der Waals surface area contributed by atoms with E-state index in [-0.39, 0.29) is 29.1 Å². The van der Waals surface area contributed by atoms with Gasteiger partial charge in [-0.25, -0.2) is 9.78 Å². The van der Waals surface area contributed by atoms with Gasteiger partial charge in [-0.1, -0.05) is 24.8 Å². The van der Waals surface area contributed by atoms with Crippen molar-refractivity contribution in [2.45, 2.75) is 13.5 Å². The average molecular weight is 515 g/mol. The molecule has 0 aliphatic heterocycles. The highest BCUT2D eigenvalue weighted by atomic mass is 79.9. The molecule has 10 heteroatoms. The Balaban J connectivity index is 2.49. The molecule has 0 aliphatic carbocycles. The maximum Gasteiger partial charge on any atom is 0.414 e. The summed E-state index contributed by atoms with van der Waals surface area (Å²) in [5.74, 6) is 0.591. The highest BCUT2D eigenvalue weighted by Gasteiger charge is 2.30. The zero-order chi connectivity index (χ0) is 20.7. The van der Waals surface area contributed by atoms with Crippen molar-refractivity contribution in [3.8, 4) is 5.75 Å². The normalized spacial score (nSPS) is 10.2. The van der Waals surface area contributed by atoms with E-state index in [0.29, 0.717) is 22.5 Å². The summed E-state index contributed by atoms with van der Waals surface area (Å²) < 4.78 is 10.9. The van der Waals surface area contributed by atoms with Crippen LogP contribution in [0.5, 0.6) is 5.75 Å². The monoisotopic (exact) mass is 513 g/mol. The zero-order valence-electron chi connectivity index (χ0n) is 14.9. The van der Waals surface area contributed by atoms with E-state index >= 15 is 0 Å². The number of aromatic nitrogens is 1. The van der Waals surface area contributed by atoms with Crippen LogP contribution in [0.1, 0.15) is 12.5 Å². The fourth-order valence-corrected chi connectivity index (χ4v) is 3.53. The Kier molecular flexibility index (Phi) is 7.94. The number of ether oxygens (including phenoxy) is 2. The van der Waals surface area contributed by atoms with E-state index in [1.54, 1.807) is 37.3 Å². The SMILES string of the molecule is C=CCOc1cccc(CN(C(=O)OCC)c2cc(Br)nc(Br)c2[N+](=O)[O-])c1. The summed E-state index contributed by atoms with van der Waals surface area (Å²) in [5, 5.41) is 11.6. The van der Waals surface area contributed by atoms with Crippen LogP contribution in [0.2, 0.25) is 0 Å². The fourth-order valence-electron chi connectivity index (χ4n) is 2.36. The third-order valence-corrected chi connectivity index (χ3v) is 4.43. The van der Waals surface area contributed by atoms with Gasteiger partial charge in [-0.15, -0.1) is 0 Å². The summed E-state index contributed by atoms with van der Waals surface area (Å²) in [7, 11) is 0. The standard InChI is InChI=1S/C18H17Br2N3O5/c1-3-8-28-13-7-5-6-12(9-13)11-22(18(24)27-4-2)14-10-15(19)21-17(20)16(14)23(25)26/h3,5-7,9-10H,1,4,8,11H2,2H3. The molecule has 0 saturated carbocycles. The van der Waals surface area contributed by atoms with Gasteiger partial charge in [0.1, 0.15) is 22.6 Å². The predicted molar refractivity (Wildman–Crippen MR) is 112 cm³/mol. The summed E-state index contributed by atoms with van der Waals surface area (Å²) in [6, 6.07) is 8.46. The maximum absolute atomic E-state index is 12.6. The van der Waals surface area contributed by atoms with Gasteiger partial charge < -0.3 is 9.47 Å². The molecule has 0 radical (unpaired) electrons. The number of nitrogens with zero attached hydrogens (tertiary/aromatic N) is 3. The number of rotatable bonds is 8. The lowest BCUT2D eigenvalue weighted by molar-refractivity contribution is -0.385. The highest BCUT2D eigenvalue weighted by Crippen LogP contribution is 2.37. The van der Waals surface area contributed by atoms with Crippen molar-refractivity contribution in [3.05, 3.63) is 67.9 Å². The van der Waals surface area contributed by atoms with Gasteiger partial charge >= 0.3 is 11.8 Å². The summed E-state index contributed by atoms with van der Waals surface area (Å²) >= 11 is 6.30. The number of halogens is 2. The molecular formula is C18H17Br2N3O5. The van der Waals surface area contributed by atoms with E-state index in [4.69, 9.17) is 9.47 Å². The zero-order valence-corrected chi connectivity index (χ0v) is 18.1. The molecule has 0 N–H and O–H groups in total. The van der Waals surface area contributed by atoms with E-state index in [1.807, 2.05) is 0 Å². The molecule has 0 aliphatic rings. The Labute approximate surface area is 178 Å². The third kappa shape index (κ3) is 5.52. The van der Waals surface area contributed by atoms with Crippen molar-refractivity contribution in [2.24, 2.45) is 0 Å². The third-order valence-electron chi connectivity index (χ3n) is 3.47. The van der Waals surface area contributed by atoms with Crippen LogP contribution < -0.4 is 9.64 Å². The minimum absolute atomic E-state index is 0.000703. The molecular weight excluding hydrogens is 498 g/mol.